The molecule has 2 aromatic carbocycles. The molecule has 0 aliphatic carbocycles. The lowest BCUT2D eigenvalue weighted by molar-refractivity contribution is 0.0953. The Labute approximate surface area is 134 Å². The van der Waals surface area contributed by atoms with E-state index in [1.807, 2.05) is 6.07 Å². The predicted molar refractivity (Wildman–Crippen MR) is 87.8 cm³/mol. The van der Waals surface area contributed by atoms with Gasteiger partial charge in [-0.2, -0.15) is 0 Å². The average Bonchev–Trinajstić information content (AvgIpc) is 2.54. The van der Waals surface area contributed by atoms with Gasteiger partial charge in [0.25, 0.3) is 5.91 Å². The van der Waals surface area contributed by atoms with E-state index in [0.29, 0.717) is 29.2 Å². The molecule has 0 aromatic heterocycles. The summed E-state index contributed by atoms with van der Waals surface area (Å²) >= 11 is 5.81. The van der Waals surface area contributed by atoms with Crippen LogP contribution >= 0.6 is 11.6 Å². The second-order valence-electron chi connectivity index (χ2n) is 4.25. The number of nitrogens with two attached hydrogens (primary N) is 2. The molecule has 0 saturated heterocycles. The summed E-state index contributed by atoms with van der Waals surface area (Å²) in [5.41, 5.74) is 11.3. The van der Waals surface area contributed by atoms with E-state index in [2.05, 4.69) is 5.32 Å². The van der Waals surface area contributed by atoms with Gasteiger partial charge in [0.05, 0.1) is 10.6 Å². The first-order chi connectivity index (χ1) is 10.6. The smallest absolute Gasteiger partial charge is 0.252 e. The average molecular weight is 320 g/mol. The number of nitrogens with one attached hydrogen (secondary N) is 1. The van der Waals surface area contributed by atoms with E-state index in [9.17, 15) is 9.59 Å². The molecule has 0 unspecified atom stereocenters. The van der Waals surface area contributed by atoms with Crippen LogP contribution in [0.5, 0.6) is 0 Å². The number of hydrogen-bond donors (Lipinski definition) is 3. The maximum Gasteiger partial charge on any atom is 0.252 e. The Morgan fingerprint density at radius 2 is 1.59 bits per heavy atom. The Morgan fingerprint density at radius 1 is 1.00 bits per heavy atom. The highest BCUT2D eigenvalue weighted by molar-refractivity contribution is 6.33. The van der Waals surface area contributed by atoms with Gasteiger partial charge in [-0.15, -0.1) is 0 Å². The zero-order valence-electron chi connectivity index (χ0n) is 12.0. The second-order valence-corrected chi connectivity index (χ2v) is 4.66. The maximum absolute atomic E-state index is 11.4. The predicted octanol–water partition coefficient (Wildman–Crippen LogP) is 1.81. The first kappa shape index (κ1) is 17.7. The van der Waals surface area contributed by atoms with Crippen molar-refractivity contribution in [3.8, 4) is 0 Å². The van der Waals surface area contributed by atoms with Crippen LogP contribution in [0.15, 0.2) is 54.6 Å². The Hall–Kier alpha value is -2.37. The number of carbonyl (C=O) groups is 2. The molecule has 0 atom stereocenters. The van der Waals surface area contributed by atoms with E-state index in [1.54, 1.807) is 48.5 Å². The van der Waals surface area contributed by atoms with Gasteiger partial charge in [-0.1, -0.05) is 41.9 Å². The number of amides is 2. The van der Waals surface area contributed by atoms with Gasteiger partial charge < -0.3 is 16.8 Å². The molecule has 6 heteroatoms. The number of primary amides is 1. The van der Waals surface area contributed by atoms with Crippen LogP contribution in [0.25, 0.3) is 0 Å². The van der Waals surface area contributed by atoms with Crippen LogP contribution in [0.4, 0.5) is 0 Å². The molecule has 5 N–H and O–H groups in total. The highest BCUT2D eigenvalue weighted by Gasteiger charge is 2.07. The zero-order valence-corrected chi connectivity index (χ0v) is 12.7. The van der Waals surface area contributed by atoms with Gasteiger partial charge in [0.1, 0.15) is 0 Å². The van der Waals surface area contributed by atoms with Crippen molar-refractivity contribution in [3.63, 3.8) is 0 Å². The lowest BCUT2D eigenvalue weighted by atomic mass is 10.2. The number of hydrogen-bond acceptors (Lipinski definition) is 3. The largest absolute Gasteiger partial charge is 0.366 e. The summed E-state index contributed by atoms with van der Waals surface area (Å²) in [7, 11) is 0. The third kappa shape index (κ3) is 5.95. The van der Waals surface area contributed by atoms with Crippen molar-refractivity contribution in [1.29, 1.82) is 0 Å². The van der Waals surface area contributed by atoms with E-state index in [0.717, 1.165) is 0 Å². The highest BCUT2D eigenvalue weighted by Crippen LogP contribution is 2.14. The number of benzene rings is 2. The molecule has 0 spiro atoms. The first-order valence-corrected chi connectivity index (χ1v) is 7.01. The third-order valence-corrected chi connectivity index (χ3v) is 2.94. The van der Waals surface area contributed by atoms with Crippen molar-refractivity contribution < 1.29 is 9.59 Å². The minimum atomic E-state index is -0.379. The Bertz CT molecular complexity index is 618. The molecule has 0 fully saturated rings. The normalized spacial score (nSPS) is 9.36. The van der Waals surface area contributed by atoms with Crippen molar-refractivity contribution in [2.45, 2.75) is 0 Å². The van der Waals surface area contributed by atoms with Crippen molar-refractivity contribution in [2.75, 3.05) is 13.1 Å². The van der Waals surface area contributed by atoms with Crippen LogP contribution in [0, 0.1) is 0 Å². The molecule has 0 saturated carbocycles. The quantitative estimate of drug-likeness (QED) is 0.801. The van der Waals surface area contributed by atoms with Gasteiger partial charge in [-0.3, -0.25) is 9.59 Å². The molecule has 0 radical (unpaired) electrons. The topological polar surface area (TPSA) is 98.2 Å². The van der Waals surface area contributed by atoms with E-state index in [-0.39, 0.29) is 11.8 Å². The minimum Gasteiger partial charge on any atom is -0.366 e. The minimum absolute atomic E-state index is 0.184. The summed E-state index contributed by atoms with van der Waals surface area (Å²) in [6.07, 6.45) is 0. The van der Waals surface area contributed by atoms with Gasteiger partial charge in [-0.05, 0) is 24.3 Å². The molecule has 5 nitrogen and oxygen atoms in total. The number of carbonyl (C=O) groups excluding carboxylic acids is 2. The summed E-state index contributed by atoms with van der Waals surface area (Å²) in [6, 6.07) is 15.7. The van der Waals surface area contributed by atoms with Gasteiger partial charge in [-0.25, -0.2) is 0 Å². The first-order valence-electron chi connectivity index (χ1n) is 6.64. The highest BCUT2D eigenvalue weighted by atomic mass is 35.5. The molecule has 116 valence electrons. The van der Waals surface area contributed by atoms with Crippen molar-refractivity contribution in [2.24, 2.45) is 11.5 Å². The van der Waals surface area contributed by atoms with Crippen LogP contribution in [0.1, 0.15) is 20.7 Å². The molecular formula is C16H18ClN3O2. The van der Waals surface area contributed by atoms with Gasteiger partial charge in [0.15, 0.2) is 0 Å². The standard InChI is InChI=1S/C9H11ClN2O.C7H7NO/c10-8-4-2-1-3-7(8)9(13)12-6-5-11;8-7(9)6-4-2-1-3-5-6/h1-4H,5-6,11H2,(H,12,13);1-5H,(H2,8,9). The number of halogens is 1. The van der Waals surface area contributed by atoms with Crippen molar-refractivity contribution in [1.82, 2.24) is 5.32 Å². The van der Waals surface area contributed by atoms with Gasteiger partial charge in [0.2, 0.25) is 5.91 Å². The van der Waals surface area contributed by atoms with E-state index < -0.39 is 0 Å². The van der Waals surface area contributed by atoms with Gasteiger partial charge >= 0.3 is 0 Å². The molecule has 0 aliphatic heterocycles. The second kappa shape index (κ2) is 9.55. The van der Waals surface area contributed by atoms with E-state index in [1.165, 1.54) is 0 Å². The molecule has 2 aromatic rings. The molecule has 0 heterocycles. The lowest BCUT2D eigenvalue weighted by Gasteiger charge is -2.04. The Kier molecular flexibility index (Phi) is 7.67. The molecule has 22 heavy (non-hydrogen) atoms. The summed E-state index contributed by atoms with van der Waals surface area (Å²) < 4.78 is 0. The van der Waals surface area contributed by atoms with E-state index >= 15 is 0 Å². The van der Waals surface area contributed by atoms with Gasteiger partial charge in [0, 0.05) is 18.7 Å². The molecule has 0 bridgehead atoms. The molecular weight excluding hydrogens is 302 g/mol. The fourth-order valence-corrected chi connectivity index (χ4v) is 1.75. The van der Waals surface area contributed by atoms with Crippen LogP contribution in [0.2, 0.25) is 5.02 Å². The third-order valence-electron chi connectivity index (χ3n) is 2.61. The summed E-state index contributed by atoms with van der Waals surface area (Å²) in [5, 5.41) is 3.10. The fourth-order valence-electron chi connectivity index (χ4n) is 1.53. The summed E-state index contributed by atoms with van der Waals surface area (Å²) in [5.74, 6) is -0.563. The molecule has 0 aliphatic rings. The van der Waals surface area contributed by atoms with Crippen LogP contribution in [-0.2, 0) is 0 Å². The van der Waals surface area contributed by atoms with Crippen LogP contribution in [-0.4, -0.2) is 24.9 Å². The van der Waals surface area contributed by atoms with Crippen molar-refractivity contribution in [3.05, 3.63) is 70.7 Å². The SMILES string of the molecule is NC(=O)c1ccccc1.NCCNC(=O)c1ccccc1Cl. The monoisotopic (exact) mass is 319 g/mol. The van der Waals surface area contributed by atoms with Crippen LogP contribution in [0.3, 0.4) is 0 Å². The summed E-state index contributed by atoms with van der Waals surface area (Å²) in [6.45, 7) is 0.889. The van der Waals surface area contributed by atoms with Crippen LogP contribution < -0.4 is 16.8 Å². The number of rotatable bonds is 4. The Morgan fingerprint density at radius 3 is 2.09 bits per heavy atom. The van der Waals surface area contributed by atoms with Crippen molar-refractivity contribution >= 4 is 23.4 Å². The summed E-state index contributed by atoms with van der Waals surface area (Å²) in [4.78, 5) is 21.8. The zero-order chi connectivity index (χ0) is 16.4. The fraction of sp³-hybridized carbons (Fsp3) is 0.125. The lowest BCUT2D eigenvalue weighted by Crippen LogP contribution is -2.29. The maximum atomic E-state index is 11.4. The van der Waals surface area contributed by atoms with E-state index in [4.69, 9.17) is 23.1 Å². The molecule has 2 rings (SSSR count). The Balaban J connectivity index is 0.000000235. The molecule has 2 amide bonds.